The van der Waals surface area contributed by atoms with E-state index in [4.69, 9.17) is 21.9 Å². The highest BCUT2D eigenvalue weighted by atomic mass is 35.5. The molecule has 1 aromatic carbocycles. The number of halogens is 3. The Balaban J connectivity index is 0.00000147. The first-order chi connectivity index (χ1) is 8.99. The van der Waals surface area contributed by atoms with Crippen LogP contribution in [0.15, 0.2) is 16.7 Å². The van der Waals surface area contributed by atoms with Gasteiger partial charge in [0.1, 0.15) is 5.82 Å². The molecule has 1 aromatic heterocycles. The predicted octanol–water partition coefficient (Wildman–Crippen LogP) is 3.60. The zero-order valence-electron chi connectivity index (χ0n) is 10.8. The summed E-state index contributed by atoms with van der Waals surface area (Å²) in [6.45, 7) is 1.66. The van der Waals surface area contributed by atoms with Crippen LogP contribution in [-0.4, -0.2) is 10.1 Å². The zero-order valence-corrected chi connectivity index (χ0v) is 12.4. The second kappa shape index (κ2) is 5.31. The van der Waals surface area contributed by atoms with Gasteiger partial charge in [-0.2, -0.15) is 4.98 Å². The van der Waals surface area contributed by atoms with Gasteiger partial charge in [0.15, 0.2) is 5.82 Å². The Bertz CT molecular complexity index is 641. The molecule has 108 valence electrons. The molecule has 0 bridgehead atoms. The van der Waals surface area contributed by atoms with Gasteiger partial charge >= 0.3 is 0 Å². The standard InChI is InChI=1S/C13H13ClFN3O.ClH/c1-7-5-8(9(14)6-10(7)15)11-17-12(18-19-11)13(16)3-2-4-13;/h5-6H,2-4,16H2,1H3;1H. The van der Waals surface area contributed by atoms with Crippen molar-refractivity contribution in [2.24, 2.45) is 5.73 Å². The number of hydrogen-bond acceptors (Lipinski definition) is 4. The molecule has 20 heavy (non-hydrogen) atoms. The van der Waals surface area contributed by atoms with Gasteiger partial charge in [0.05, 0.1) is 16.1 Å². The second-order valence-electron chi connectivity index (χ2n) is 5.01. The number of benzene rings is 1. The SMILES string of the molecule is Cc1cc(-c2nc(C3(N)CCC3)no2)c(Cl)cc1F.Cl. The molecule has 1 fully saturated rings. The minimum atomic E-state index is -0.483. The minimum absolute atomic E-state index is 0. The van der Waals surface area contributed by atoms with Crippen molar-refractivity contribution in [3.8, 4) is 11.5 Å². The first-order valence-corrected chi connectivity index (χ1v) is 6.46. The van der Waals surface area contributed by atoms with E-state index in [0.29, 0.717) is 17.0 Å². The van der Waals surface area contributed by atoms with Crippen molar-refractivity contribution < 1.29 is 8.91 Å². The van der Waals surface area contributed by atoms with Crippen LogP contribution < -0.4 is 5.73 Å². The highest BCUT2D eigenvalue weighted by Gasteiger charge is 2.39. The Kier molecular flexibility index (Phi) is 4.04. The summed E-state index contributed by atoms with van der Waals surface area (Å²) in [6, 6.07) is 2.84. The van der Waals surface area contributed by atoms with Crippen LogP contribution in [-0.2, 0) is 5.54 Å². The molecule has 1 aliphatic rings. The zero-order chi connectivity index (χ0) is 13.6. The van der Waals surface area contributed by atoms with E-state index in [-0.39, 0.29) is 29.1 Å². The van der Waals surface area contributed by atoms with Gasteiger partial charge in [0.2, 0.25) is 0 Å². The molecule has 0 unspecified atom stereocenters. The maximum absolute atomic E-state index is 13.4. The summed E-state index contributed by atoms with van der Waals surface area (Å²) in [5, 5.41) is 4.16. The van der Waals surface area contributed by atoms with E-state index in [1.165, 1.54) is 6.07 Å². The topological polar surface area (TPSA) is 64.9 Å². The Morgan fingerprint density at radius 3 is 2.70 bits per heavy atom. The fourth-order valence-electron chi connectivity index (χ4n) is 2.14. The molecule has 4 nitrogen and oxygen atoms in total. The average Bonchev–Trinajstić information content (AvgIpc) is 2.80. The van der Waals surface area contributed by atoms with Crippen molar-refractivity contribution in [2.45, 2.75) is 31.7 Å². The van der Waals surface area contributed by atoms with Crippen LogP contribution in [0.5, 0.6) is 0 Å². The third-order valence-corrected chi connectivity index (χ3v) is 3.91. The van der Waals surface area contributed by atoms with E-state index in [0.717, 1.165) is 19.3 Å². The number of aryl methyl sites for hydroxylation is 1. The molecule has 0 amide bonds. The van der Waals surface area contributed by atoms with Crippen molar-refractivity contribution in [1.29, 1.82) is 0 Å². The van der Waals surface area contributed by atoms with Crippen LogP contribution in [0.4, 0.5) is 4.39 Å². The highest BCUT2D eigenvalue weighted by Crippen LogP contribution is 2.38. The molecule has 0 atom stereocenters. The van der Waals surface area contributed by atoms with Gasteiger partial charge in [-0.3, -0.25) is 0 Å². The highest BCUT2D eigenvalue weighted by molar-refractivity contribution is 6.33. The van der Waals surface area contributed by atoms with E-state index in [1.807, 2.05) is 0 Å². The normalized spacial score (nSPS) is 16.4. The summed E-state index contributed by atoms with van der Waals surface area (Å²) in [5.41, 5.74) is 6.65. The van der Waals surface area contributed by atoms with Crippen LogP contribution in [0.3, 0.4) is 0 Å². The molecule has 0 aliphatic heterocycles. The maximum atomic E-state index is 13.4. The lowest BCUT2D eigenvalue weighted by Crippen LogP contribution is -2.44. The van der Waals surface area contributed by atoms with E-state index >= 15 is 0 Å². The fourth-order valence-corrected chi connectivity index (χ4v) is 2.37. The Labute approximate surface area is 126 Å². The van der Waals surface area contributed by atoms with Crippen molar-refractivity contribution >= 4 is 24.0 Å². The Morgan fingerprint density at radius 2 is 2.10 bits per heavy atom. The molecule has 0 spiro atoms. The summed E-state index contributed by atoms with van der Waals surface area (Å²) < 4.78 is 18.6. The number of hydrogen-bond donors (Lipinski definition) is 1. The third-order valence-electron chi connectivity index (χ3n) is 3.60. The summed E-state index contributed by atoms with van der Waals surface area (Å²) in [6.07, 6.45) is 2.76. The van der Waals surface area contributed by atoms with Crippen molar-refractivity contribution in [3.05, 3.63) is 34.4 Å². The van der Waals surface area contributed by atoms with Crippen molar-refractivity contribution in [3.63, 3.8) is 0 Å². The van der Waals surface area contributed by atoms with E-state index in [1.54, 1.807) is 13.0 Å². The molecular formula is C13H14Cl2FN3O. The van der Waals surface area contributed by atoms with Gasteiger partial charge in [-0.1, -0.05) is 16.8 Å². The lowest BCUT2D eigenvalue weighted by Gasteiger charge is -2.34. The van der Waals surface area contributed by atoms with Crippen LogP contribution >= 0.6 is 24.0 Å². The molecule has 7 heteroatoms. The number of nitrogens with two attached hydrogens (primary N) is 1. The lowest BCUT2D eigenvalue weighted by molar-refractivity contribution is 0.229. The Morgan fingerprint density at radius 1 is 1.40 bits per heavy atom. The molecule has 0 saturated heterocycles. The molecular weight excluding hydrogens is 304 g/mol. The van der Waals surface area contributed by atoms with Crippen LogP contribution in [0.25, 0.3) is 11.5 Å². The lowest BCUT2D eigenvalue weighted by atomic mass is 9.77. The quantitative estimate of drug-likeness (QED) is 0.919. The first-order valence-electron chi connectivity index (χ1n) is 6.09. The van der Waals surface area contributed by atoms with E-state index in [2.05, 4.69) is 10.1 Å². The summed E-state index contributed by atoms with van der Waals surface area (Å²) in [5.74, 6) is 0.411. The van der Waals surface area contributed by atoms with Crippen molar-refractivity contribution in [2.75, 3.05) is 0 Å². The number of nitrogens with zero attached hydrogens (tertiary/aromatic N) is 2. The average molecular weight is 318 g/mol. The summed E-state index contributed by atoms with van der Waals surface area (Å²) >= 11 is 6.01. The predicted molar refractivity (Wildman–Crippen MR) is 76.4 cm³/mol. The number of rotatable bonds is 2. The van der Waals surface area contributed by atoms with Gasteiger partial charge in [-0.25, -0.2) is 4.39 Å². The first kappa shape index (κ1) is 15.2. The maximum Gasteiger partial charge on any atom is 0.259 e. The number of aromatic nitrogens is 2. The Hall–Kier alpha value is -1.17. The third kappa shape index (κ3) is 2.41. The van der Waals surface area contributed by atoms with Gasteiger partial charge in [-0.15, -0.1) is 12.4 Å². The monoisotopic (exact) mass is 317 g/mol. The van der Waals surface area contributed by atoms with E-state index < -0.39 is 5.54 Å². The fraction of sp³-hybridized carbons (Fsp3) is 0.385. The summed E-state index contributed by atoms with van der Waals surface area (Å²) in [4.78, 5) is 4.30. The summed E-state index contributed by atoms with van der Waals surface area (Å²) in [7, 11) is 0. The van der Waals surface area contributed by atoms with Crippen LogP contribution in [0.2, 0.25) is 5.02 Å². The van der Waals surface area contributed by atoms with Gasteiger partial charge in [0.25, 0.3) is 5.89 Å². The second-order valence-corrected chi connectivity index (χ2v) is 5.42. The van der Waals surface area contributed by atoms with Gasteiger partial charge in [0, 0.05) is 0 Å². The molecule has 1 heterocycles. The van der Waals surface area contributed by atoms with E-state index in [9.17, 15) is 4.39 Å². The van der Waals surface area contributed by atoms with Crippen molar-refractivity contribution in [1.82, 2.24) is 10.1 Å². The largest absolute Gasteiger partial charge is 0.334 e. The molecule has 3 rings (SSSR count). The van der Waals surface area contributed by atoms with Gasteiger partial charge < -0.3 is 10.3 Å². The smallest absolute Gasteiger partial charge is 0.259 e. The van der Waals surface area contributed by atoms with Gasteiger partial charge in [-0.05, 0) is 43.9 Å². The van der Waals surface area contributed by atoms with Crippen LogP contribution in [0, 0.1) is 12.7 Å². The molecule has 2 aromatic rings. The van der Waals surface area contributed by atoms with Crippen LogP contribution in [0.1, 0.15) is 30.7 Å². The molecule has 1 saturated carbocycles. The minimum Gasteiger partial charge on any atom is -0.334 e. The molecule has 0 radical (unpaired) electrons. The molecule has 2 N–H and O–H groups in total. The molecule has 1 aliphatic carbocycles.